The number of anilines is 1. The fraction of sp³-hybridized carbons (Fsp3) is 0. The lowest BCUT2D eigenvalue weighted by Crippen LogP contribution is -2.13. The van der Waals surface area contributed by atoms with Crippen LogP contribution in [0, 0.1) is 0 Å². The minimum absolute atomic E-state index is 0.266. The minimum Gasteiger partial charge on any atom is -0.305 e. The van der Waals surface area contributed by atoms with Crippen LogP contribution in [0.15, 0.2) is 54.9 Å². The smallest absolute Gasteiger partial charge is 0.277 e. The summed E-state index contributed by atoms with van der Waals surface area (Å²) in [7, 11) is 0. The van der Waals surface area contributed by atoms with E-state index < -0.39 is 0 Å². The molecule has 0 unspecified atom stereocenters. The van der Waals surface area contributed by atoms with Crippen molar-refractivity contribution in [1.82, 2.24) is 14.6 Å². The molecular formula is C13H10N4O. The molecule has 1 amide bonds. The van der Waals surface area contributed by atoms with Crippen LogP contribution in [-0.4, -0.2) is 20.5 Å². The number of nitrogens with one attached hydrogen (secondary N) is 1. The molecule has 0 fully saturated rings. The SMILES string of the molecule is O=C(Nc1ccccn1)c1cc2ccccn2n1. The van der Waals surface area contributed by atoms with Gasteiger partial charge in [-0.3, -0.25) is 4.79 Å². The highest BCUT2D eigenvalue weighted by Gasteiger charge is 2.10. The Balaban J connectivity index is 1.88. The Morgan fingerprint density at radius 1 is 1.17 bits per heavy atom. The van der Waals surface area contributed by atoms with E-state index in [0.29, 0.717) is 11.5 Å². The maximum Gasteiger partial charge on any atom is 0.277 e. The fourth-order valence-corrected chi connectivity index (χ4v) is 1.67. The molecule has 3 aromatic rings. The van der Waals surface area contributed by atoms with Crippen LogP contribution in [0.4, 0.5) is 5.82 Å². The number of hydrogen-bond donors (Lipinski definition) is 1. The number of carbonyl (C=O) groups excluding carboxylic acids is 1. The second-order valence-electron chi connectivity index (χ2n) is 3.77. The van der Waals surface area contributed by atoms with Gasteiger partial charge in [0.15, 0.2) is 5.69 Å². The van der Waals surface area contributed by atoms with Crippen LogP contribution >= 0.6 is 0 Å². The first-order valence-electron chi connectivity index (χ1n) is 5.50. The van der Waals surface area contributed by atoms with Crippen LogP contribution in [0.25, 0.3) is 5.52 Å². The Bertz CT molecular complexity index is 657. The molecule has 88 valence electrons. The third-order valence-corrected chi connectivity index (χ3v) is 2.51. The van der Waals surface area contributed by atoms with Crippen molar-refractivity contribution in [2.24, 2.45) is 0 Å². The standard InChI is InChI=1S/C13H10N4O/c18-13(15-12-6-1-3-7-14-12)11-9-10-5-2-4-8-17(10)16-11/h1-9H,(H,14,15,18). The molecule has 0 saturated heterocycles. The van der Waals surface area contributed by atoms with Gasteiger partial charge in [-0.15, -0.1) is 0 Å². The van der Waals surface area contributed by atoms with Crippen molar-refractivity contribution < 1.29 is 4.79 Å². The van der Waals surface area contributed by atoms with E-state index in [2.05, 4.69) is 15.4 Å². The molecule has 5 heteroatoms. The average molecular weight is 238 g/mol. The lowest BCUT2D eigenvalue weighted by molar-refractivity contribution is 0.102. The molecule has 18 heavy (non-hydrogen) atoms. The third kappa shape index (κ3) is 1.93. The molecular weight excluding hydrogens is 228 g/mol. The molecule has 5 nitrogen and oxygen atoms in total. The van der Waals surface area contributed by atoms with Crippen molar-refractivity contribution >= 4 is 17.2 Å². The van der Waals surface area contributed by atoms with E-state index >= 15 is 0 Å². The summed E-state index contributed by atoms with van der Waals surface area (Å²) in [5, 5.41) is 6.88. The summed E-state index contributed by atoms with van der Waals surface area (Å²) in [5.41, 5.74) is 1.25. The predicted octanol–water partition coefficient (Wildman–Crippen LogP) is 1.98. The zero-order valence-electron chi connectivity index (χ0n) is 9.45. The topological polar surface area (TPSA) is 59.3 Å². The van der Waals surface area contributed by atoms with Gasteiger partial charge in [-0.05, 0) is 30.3 Å². The van der Waals surface area contributed by atoms with Gasteiger partial charge in [0.2, 0.25) is 0 Å². The predicted molar refractivity (Wildman–Crippen MR) is 67.4 cm³/mol. The number of aromatic nitrogens is 3. The van der Waals surface area contributed by atoms with E-state index in [9.17, 15) is 4.79 Å². The minimum atomic E-state index is -0.266. The molecule has 0 aliphatic rings. The van der Waals surface area contributed by atoms with Crippen LogP contribution in [-0.2, 0) is 0 Å². The molecule has 0 atom stereocenters. The van der Waals surface area contributed by atoms with E-state index in [1.807, 2.05) is 24.3 Å². The Hall–Kier alpha value is -2.69. The first-order valence-corrected chi connectivity index (χ1v) is 5.50. The van der Waals surface area contributed by atoms with E-state index in [1.54, 1.807) is 35.1 Å². The summed E-state index contributed by atoms with van der Waals surface area (Å²) in [4.78, 5) is 16.0. The number of carbonyl (C=O) groups is 1. The maximum atomic E-state index is 12.0. The number of pyridine rings is 2. The van der Waals surface area contributed by atoms with Crippen molar-refractivity contribution in [1.29, 1.82) is 0 Å². The van der Waals surface area contributed by atoms with Gasteiger partial charge >= 0.3 is 0 Å². The molecule has 3 heterocycles. The highest BCUT2D eigenvalue weighted by molar-refractivity contribution is 6.03. The third-order valence-electron chi connectivity index (χ3n) is 2.51. The molecule has 1 N–H and O–H groups in total. The Labute approximate surface area is 103 Å². The molecule has 0 saturated carbocycles. The van der Waals surface area contributed by atoms with E-state index in [0.717, 1.165) is 5.52 Å². The molecule has 0 bridgehead atoms. The van der Waals surface area contributed by atoms with Gasteiger partial charge in [-0.1, -0.05) is 12.1 Å². The summed E-state index contributed by atoms with van der Waals surface area (Å²) in [6, 6.07) is 12.7. The fourth-order valence-electron chi connectivity index (χ4n) is 1.67. The zero-order valence-corrected chi connectivity index (χ0v) is 9.45. The van der Waals surface area contributed by atoms with Gasteiger partial charge in [0.25, 0.3) is 5.91 Å². The monoisotopic (exact) mass is 238 g/mol. The molecule has 3 rings (SSSR count). The average Bonchev–Trinajstić information content (AvgIpc) is 2.84. The summed E-state index contributed by atoms with van der Waals surface area (Å²) in [6.45, 7) is 0. The van der Waals surface area contributed by atoms with Crippen molar-refractivity contribution in [3.8, 4) is 0 Å². The van der Waals surface area contributed by atoms with Gasteiger partial charge in [0.1, 0.15) is 5.82 Å². The van der Waals surface area contributed by atoms with E-state index in [-0.39, 0.29) is 5.91 Å². The molecule has 0 radical (unpaired) electrons. The van der Waals surface area contributed by atoms with Gasteiger partial charge < -0.3 is 5.32 Å². The van der Waals surface area contributed by atoms with Gasteiger partial charge in [-0.2, -0.15) is 5.10 Å². The quantitative estimate of drug-likeness (QED) is 0.742. The van der Waals surface area contributed by atoms with Crippen molar-refractivity contribution in [3.05, 3.63) is 60.6 Å². The highest BCUT2D eigenvalue weighted by Crippen LogP contribution is 2.08. The van der Waals surface area contributed by atoms with Crippen LogP contribution < -0.4 is 5.32 Å². The molecule has 0 spiro atoms. The molecule has 3 aromatic heterocycles. The Morgan fingerprint density at radius 3 is 2.83 bits per heavy atom. The lowest BCUT2D eigenvalue weighted by Gasteiger charge is -2.00. The molecule has 0 aliphatic carbocycles. The van der Waals surface area contributed by atoms with E-state index in [4.69, 9.17) is 0 Å². The number of hydrogen-bond acceptors (Lipinski definition) is 3. The van der Waals surface area contributed by atoms with Crippen molar-refractivity contribution in [2.45, 2.75) is 0 Å². The van der Waals surface area contributed by atoms with Crippen LogP contribution in [0.5, 0.6) is 0 Å². The summed E-state index contributed by atoms with van der Waals surface area (Å²) in [5.74, 6) is 0.247. The number of amides is 1. The molecule has 0 aromatic carbocycles. The number of nitrogens with zero attached hydrogens (tertiary/aromatic N) is 3. The Kier molecular flexibility index (Phi) is 2.49. The maximum absolute atomic E-state index is 12.0. The summed E-state index contributed by atoms with van der Waals surface area (Å²) < 4.78 is 1.66. The van der Waals surface area contributed by atoms with Crippen molar-refractivity contribution in [3.63, 3.8) is 0 Å². The van der Waals surface area contributed by atoms with Crippen molar-refractivity contribution in [2.75, 3.05) is 5.32 Å². The van der Waals surface area contributed by atoms with Crippen LogP contribution in [0.2, 0.25) is 0 Å². The normalized spacial score (nSPS) is 10.4. The van der Waals surface area contributed by atoms with Gasteiger partial charge in [0.05, 0.1) is 5.52 Å². The number of fused-ring (bicyclic) bond motifs is 1. The highest BCUT2D eigenvalue weighted by atomic mass is 16.2. The van der Waals surface area contributed by atoms with Crippen LogP contribution in [0.3, 0.4) is 0 Å². The van der Waals surface area contributed by atoms with Gasteiger partial charge in [0, 0.05) is 12.4 Å². The Morgan fingerprint density at radius 2 is 2.06 bits per heavy atom. The summed E-state index contributed by atoms with van der Waals surface area (Å²) >= 11 is 0. The number of rotatable bonds is 2. The zero-order chi connectivity index (χ0) is 12.4. The largest absolute Gasteiger partial charge is 0.305 e. The van der Waals surface area contributed by atoms with Gasteiger partial charge in [-0.25, -0.2) is 9.50 Å². The first-order chi connectivity index (χ1) is 8.83. The lowest BCUT2D eigenvalue weighted by atomic mass is 10.3. The summed E-state index contributed by atoms with van der Waals surface area (Å²) in [6.07, 6.45) is 3.42. The van der Waals surface area contributed by atoms with Crippen LogP contribution in [0.1, 0.15) is 10.5 Å². The molecule has 0 aliphatic heterocycles. The second kappa shape index (κ2) is 4.29. The first kappa shape index (κ1) is 10.5. The second-order valence-corrected chi connectivity index (χ2v) is 3.77. The van der Waals surface area contributed by atoms with E-state index in [1.165, 1.54) is 0 Å².